The van der Waals surface area contributed by atoms with Crippen LogP contribution >= 0.6 is 0 Å². The van der Waals surface area contributed by atoms with Gasteiger partial charge in [-0.25, -0.2) is 0 Å². The van der Waals surface area contributed by atoms with Crippen LogP contribution in [0.4, 0.5) is 0 Å². The second-order valence-electron chi connectivity index (χ2n) is 6.08. The SMILES string of the molecule is CCCCCC1C(=O)CC[CH]1[Sn]([CH3])([CH3])[CH3]. The van der Waals surface area contributed by atoms with E-state index < -0.39 is 18.4 Å². The van der Waals surface area contributed by atoms with Crippen molar-refractivity contribution in [2.45, 2.75) is 64.2 Å². The third kappa shape index (κ3) is 3.76. The molecule has 0 aromatic heterocycles. The number of carbonyl (C=O) groups excluding carboxylic acids is 1. The molecule has 0 spiro atoms. The van der Waals surface area contributed by atoms with E-state index in [0.29, 0.717) is 11.7 Å². The molecule has 0 heterocycles. The molecule has 1 aliphatic rings. The molecule has 15 heavy (non-hydrogen) atoms. The van der Waals surface area contributed by atoms with Crippen LogP contribution in [0.15, 0.2) is 0 Å². The van der Waals surface area contributed by atoms with Crippen LogP contribution in [0.25, 0.3) is 0 Å². The van der Waals surface area contributed by atoms with Crippen molar-refractivity contribution in [3.8, 4) is 0 Å². The average molecular weight is 317 g/mol. The number of hydrogen-bond acceptors (Lipinski definition) is 1. The van der Waals surface area contributed by atoms with Gasteiger partial charge in [-0.1, -0.05) is 0 Å². The Morgan fingerprint density at radius 3 is 2.47 bits per heavy atom. The third-order valence-electron chi connectivity index (χ3n) is 3.83. The normalized spacial score (nSPS) is 27.3. The van der Waals surface area contributed by atoms with E-state index >= 15 is 0 Å². The van der Waals surface area contributed by atoms with Gasteiger partial charge in [0.15, 0.2) is 0 Å². The molecule has 0 aliphatic heterocycles. The van der Waals surface area contributed by atoms with Crippen molar-refractivity contribution in [1.82, 2.24) is 0 Å². The van der Waals surface area contributed by atoms with E-state index in [1.807, 2.05) is 0 Å². The monoisotopic (exact) mass is 318 g/mol. The number of carbonyl (C=O) groups is 1. The first-order valence-corrected chi connectivity index (χ1v) is 16.7. The summed E-state index contributed by atoms with van der Waals surface area (Å²) in [4.78, 5) is 19.3. The Kier molecular flexibility index (Phi) is 5.14. The third-order valence-corrected chi connectivity index (χ3v) is 12.2. The van der Waals surface area contributed by atoms with Crippen molar-refractivity contribution in [2.75, 3.05) is 0 Å². The predicted octanol–water partition coefficient (Wildman–Crippen LogP) is 4.25. The Balaban J connectivity index is 2.53. The van der Waals surface area contributed by atoms with Crippen molar-refractivity contribution < 1.29 is 4.79 Å². The molecule has 1 saturated carbocycles. The van der Waals surface area contributed by atoms with Gasteiger partial charge in [-0.05, 0) is 0 Å². The summed E-state index contributed by atoms with van der Waals surface area (Å²) in [6, 6.07) is 0. The Bertz CT molecular complexity index is 217. The summed E-state index contributed by atoms with van der Waals surface area (Å²) in [5.41, 5.74) is 0. The number of ketones is 1. The summed E-state index contributed by atoms with van der Waals surface area (Å²) in [5, 5.41) is 0. The van der Waals surface area contributed by atoms with Crippen LogP contribution in [0, 0.1) is 5.92 Å². The van der Waals surface area contributed by atoms with Crippen LogP contribution in [0.3, 0.4) is 0 Å². The van der Waals surface area contributed by atoms with Gasteiger partial charge in [-0.3, -0.25) is 0 Å². The summed E-state index contributed by atoms with van der Waals surface area (Å²) in [6.45, 7) is 2.23. The first-order valence-electron chi connectivity index (χ1n) is 6.49. The molecule has 2 atom stereocenters. The second kappa shape index (κ2) is 5.69. The summed E-state index contributed by atoms with van der Waals surface area (Å²) in [6.07, 6.45) is 7.13. The first kappa shape index (κ1) is 13.5. The fraction of sp³-hybridized carbons (Fsp3) is 0.923. The van der Waals surface area contributed by atoms with Gasteiger partial charge < -0.3 is 0 Å². The van der Waals surface area contributed by atoms with E-state index in [4.69, 9.17) is 0 Å². The number of hydrogen-bond donors (Lipinski definition) is 0. The van der Waals surface area contributed by atoms with Gasteiger partial charge >= 0.3 is 99.1 Å². The van der Waals surface area contributed by atoms with Crippen molar-refractivity contribution in [1.29, 1.82) is 0 Å². The topological polar surface area (TPSA) is 17.1 Å². The van der Waals surface area contributed by atoms with Crippen LogP contribution in [0.2, 0.25) is 18.8 Å². The van der Waals surface area contributed by atoms with E-state index in [0.717, 1.165) is 10.4 Å². The zero-order valence-corrected chi connectivity index (χ0v) is 13.7. The molecule has 0 bridgehead atoms. The molecule has 0 N–H and O–H groups in total. The van der Waals surface area contributed by atoms with Gasteiger partial charge in [0.2, 0.25) is 0 Å². The molecule has 1 rings (SSSR count). The Labute approximate surface area is 98.9 Å². The van der Waals surface area contributed by atoms with Gasteiger partial charge in [-0.2, -0.15) is 0 Å². The zero-order valence-electron chi connectivity index (χ0n) is 10.8. The number of rotatable bonds is 5. The maximum absolute atomic E-state index is 11.9. The molecular weight excluding hydrogens is 291 g/mol. The van der Waals surface area contributed by atoms with Gasteiger partial charge in [0, 0.05) is 0 Å². The van der Waals surface area contributed by atoms with Crippen molar-refractivity contribution in [2.24, 2.45) is 5.92 Å². The molecule has 0 aromatic rings. The molecule has 0 saturated heterocycles. The molecule has 2 heteroatoms. The molecule has 88 valence electrons. The van der Waals surface area contributed by atoms with Crippen LogP contribution in [-0.4, -0.2) is 24.2 Å². The van der Waals surface area contributed by atoms with Gasteiger partial charge in [0.25, 0.3) is 0 Å². The molecular formula is C13H26OSn. The number of Topliss-reactive ketones (excluding diaryl/α,β-unsaturated/α-hetero) is 1. The summed E-state index contributed by atoms with van der Waals surface area (Å²) >= 11 is -1.84. The quantitative estimate of drug-likeness (QED) is 0.547. The molecule has 0 radical (unpaired) electrons. The zero-order chi connectivity index (χ0) is 11.5. The molecule has 1 nitrogen and oxygen atoms in total. The summed E-state index contributed by atoms with van der Waals surface area (Å²) in [5.74, 6) is 1.05. The number of unbranched alkanes of at least 4 members (excludes halogenated alkanes) is 2. The summed E-state index contributed by atoms with van der Waals surface area (Å²) in [7, 11) is 0. The molecule has 1 fully saturated rings. The van der Waals surface area contributed by atoms with E-state index in [1.165, 1.54) is 32.1 Å². The van der Waals surface area contributed by atoms with E-state index in [2.05, 4.69) is 21.7 Å². The summed E-state index contributed by atoms with van der Waals surface area (Å²) < 4.78 is 0.837. The van der Waals surface area contributed by atoms with Gasteiger partial charge in [0.05, 0.1) is 0 Å². The van der Waals surface area contributed by atoms with Crippen LogP contribution in [-0.2, 0) is 4.79 Å². The standard InChI is InChI=1S/C10H17O.3CH3.Sn/c1-2-3-4-6-9-7-5-8-10(9)11;;;;/h7,9H,2-6,8H2,1H3;3*1H3;. The van der Waals surface area contributed by atoms with Crippen molar-refractivity contribution in [3.63, 3.8) is 0 Å². The van der Waals surface area contributed by atoms with Crippen molar-refractivity contribution >= 4 is 24.2 Å². The second-order valence-corrected chi connectivity index (χ2v) is 21.7. The van der Waals surface area contributed by atoms with Gasteiger partial charge in [0.1, 0.15) is 0 Å². The molecule has 1 aliphatic carbocycles. The minimum atomic E-state index is -1.84. The minimum absolute atomic E-state index is 0.465. The van der Waals surface area contributed by atoms with E-state index in [-0.39, 0.29) is 0 Å². The van der Waals surface area contributed by atoms with Crippen LogP contribution in [0.1, 0.15) is 45.4 Å². The Morgan fingerprint density at radius 2 is 1.93 bits per heavy atom. The predicted molar refractivity (Wildman–Crippen MR) is 69.0 cm³/mol. The molecule has 2 unspecified atom stereocenters. The Morgan fingerprint density at radius 1 is 1.27 bits per heavy atom. The molecule has 0 amide bonds. The van der Waals surface area contributed by atoms with E-state index in [1.54, 1.807) is 0 Å². The van der Waals surface area contributed by atoms with E-state index in [9.17, 15) is 4.79 Å². The van der Waals surface area contributed by atoms with Crippen LogP contribution < -0.4 is 0 Å². The fourth-order valence-corrected chi connectivity index (χ4v) is 10.3. The first-order chi connectivity index (χ1) is 6.96. The maximum atomic E-state index is 11.9. The fourth-order valence-electron chi connectivity index (χ4n) is 2.92. The van der Waals surface area contributed by atoms with Crippen LogP contribution in [0.5, 0.6) is 0 Å². The van der Waals surface area contributed by atoms with Gasteiger partial charge in [-0.15, -0.1) is 0 Å². The Hall–Kier alpha value is 0.469. The average Bonchev–Trinajstić information content (AvgIpc) is 2.48. The molecule has 0 aromatic carbocycles. The van der Waals surface area contributed by atoms with Crippen molar-refractivity contribution in [3.05, 3.63) is 0 Å².